The highest BCUT2D eigenvalue weighted by Crippen LogP contribution is 2.32. The maximum absolute atomic E-state index is 11.8. The highest BCUT2D eigenvalue weighted by molar-refractivity contribution is 9.10. The molecule has 0 radical (unpaired) electrons. The minimum Gasteiger partial charge on any atom is -0.502 e. The number of carbonyl (C=O) groups is 1. The Labute approximate surface area is 143 Å². The zero-order valence-electron chi connectivity index (χ0n) is 11.4. The van der Waals surface area contributed by atoms with E-state index in [2.05, 4.69) is 26.5 Å². The summed E-state index contributed by atoms with van der Waals surface area (Å²) in [5.41, 5.74) is 2.21. The number of rotatable bonds is 4. The molecule has 0 fully saturated rings. The zero-order valence-corrected chi connectivity index (χ0v) is 13.7. The summed E-state index contributed by atoms with van der Waals surface area (Å²) >= 11 is 8.83. The van der Waals surface area contributed by atoms with Crippen LogP contribution >= 0.6 is 27.5 Å². The van der Waals surface area contributed by atoms with Gasteiger partial charge < -0.3 is 5.11 Å². The van der Waals surface area contributed by atoms with Gasteiger partial charge in [-0.3, -0.25) is 14.9 Å². The topological polar surface area (TPSA) is 105 Å². The van der Waals surface area contributed by atoms with E-state index in [1.807, 2.05) is 0 Å². The van der Waals surface area contributed by atoms with E-state index in [4.69, 9.17) is 11.6 Å². The summed E-state index contributed by atoms with van der Waals surface area (Å²) in [4.78, 5) is 21.9. The second kappa shape index (κ2) is 7.21. The van der Waals surface area contributed by atoms with Crippen molar-refractivity contribution in [2.24, 2.45) is 5.10 Å². The number of halogens is 2. The van der Waals surface area contributed by atoms with E-state index in [9.17, 15) is 20.0 Å². The monoisotopic (exact) mass is 397 g/mol. The molecule has 0 unspecified atom stereocenters. The van der Waals surface area contributed by atoms with Crippen LogP contribution in [-0.2, 0) is 0 Å². The van der Waals surface area contributed by atoms with Gasteiger partial charge >= 0.3 is 5.69 Å². The fourth-order valence-electron chi connectivity index (χ4n) is 1.67. The molecule has 7 nitrogen and oxygen atoms in total. The van der Waals surface area contributed by atoms with E-state index in [0.29, 0.717) is 15.1 Å². The molecule has 9 heteroatoms. The van der Waals surface area contributed by atoms with E-state index in [1.54, 1.807) is 12.1 Å². The van der Waals surface area contributed by atoms with Crippen LogP contribution in [0, 0.1) is 10.1 Å². The van der Waals surface area contributed by atoms with Gasteiger partial charge in [-0.15, -0.1) is 0 Å². The summed E-state index contributed by atoms with van der Waals surface area (Å²) in [7, 11) is 0. The van der Waals surface area contributed by atoms with Gasteiger partial charge in [0.15, 0.2) is 0 Å². The van der Waals surface area contributed by atoms with Crippen LogP contribution in [-0.4, -0.2) is 22.2 Å². The van der Waals surface area contributed by atoms with Crippen LogP contribution in [0.1, 0.15) is 15.9 Å². The van der Waals surface area contributed by atoms with Crippen molar-refractivity contribution in [3.8, 4) is 5.75 Å². The van der Waals surface area contributed by atoms with Gasteiger partial charge in [0.05, 0.1) is 11.1 Å². The lowest BCUT2D eigenvalue weighted by Crippen LogP contribution is -2.17. The Morgan fingerprint density at radius 2 is 2.00 bits per heavy atom. The minimum absolute atomic E-state index is 0.0856. The molecular weight excluding hydrogens is 390 g/mol. The predicted molar refractivity (Wildman–Crippen MR) is 89.0 cm³/mol. The number of nitrogens with one attached hydrogen (secondary N) is 1. The second-order valence-electron chi connectivity index (χ2n) is 4.33. The molecule has 2 rings (SSSR count). The average Bonchev–Trinajstić information content (AvgIpc) is 2.50. The van der Waals surface area contributed by atoms with Crippen LogP contribution in [0.4, 0.5) is 5.69 Å². The first-order chi connectivity index (χ1) is 10.9. The number of amides is 1. The summed E-state index contributed by atoms with van der Waals surface area (Å²) in [6.07, 6.45) is 1.11. The van der Waals surface area contributed by atoms with Crippen molar-refractivity contribution in [1.82, 2.24) is 5.43 Å². The van der Waals surface area contributed by atoms with E-state index in [-0.39, 0.29) is 5.56 Å². The summed E-state index contributed by atoms with van der Waals surface area (Å²) in [6.45, 7) is 0. The largest absolute Gasteiger partial charge is 0.502 e. The van der Waals surface area contributed by atoms with Crippen molar-refractivity contribution in [1.29, 1.82) is 0 Å². The first-order valence-corrected chi connectivity index (χ1v) is 7.31. The number of aromatic hydroxyl groups is 1. The van der Waals surface area contributed by atoms with Crippen LogP contribution in [0.25, 0.3) is 0 Å². The third-order valence-electron chi connectivity index (χ3n) is 2.76. The van der Waals surface area contributed by atoms with Gasteiger partial charge in [-0.25, -0.2) is 5.43 Å². The van der Waals surface area contributed by atoms with Crippen LogP contribution in [0.3, 0.4) is 0 Å². The smallest absolute Gasteiger partial charge is 0.312 e. The summed E-state index contributed by atoms with van der Waals surface area (Å²) in [5.74, 6) is -1.02. The van der Waals surface area contributed by atoms with Gasteiger partial charge in [-0.1, -0.05) is 27.5 Å². The van der Waals surface area contributed by atoms with Gasteiger partial charge in [-0.2, -0.15) is 5.10 Å². The number of benzene rings is 2. The number of phenols is 1. The molecule has 2 aromatic carbocycles. The molecular formula is C14H9BrClN3O4. The number of hydrazone groups is 1. The molecule has 1 amide bonds. The van der Waals surface area contributed by atoms with Crippen LogP contribution in [0.2, 0.25) is 5.02 Å². The van der Waals surface area contributed by atoms with Crippen molar-refractivity contribution in [2.45, 2.75) is 0 Å². The lowest BCUT2D eigenvalue weighted by Gasteiger charge is -2.02. The van der Waals surface area contributed by atoms with Gasteiger partial charge in [0, 0.05) is 26.7 Å². The van der Waals surface area contributed by atoms with Gasteiger partial charge in [-0.05, 0) is 30.3 Å². The number of carbonyl (C=O) groups excluding carboxylic acids is 1. The Morgan fingerprint density at radius 1 is 1.35 bits per heavy atom. The fraction of sp³-hybridized carbons (Fsp3) is 0. The quantitative estimate of drug-likeness (QED) is 0.467. The van der Waals surface area contributed by atoms with Crippen LogP contribution in [0.5, 0.6) is 5.75 Å². The first kappa shape index (κ1) is 16.9. The Bertz CT molecular complexity index is 793. The van der Waals surface area contributed by atoms with Gasteiger partial charge in [0.25, 0.3) is 5.91 Å². The lowest BCUT2D eigenvalue weighted by molar-refractivity contribution is -0.385. The minimum atomic E-state index is -0.719. The molecule has 0 saturated carbocycles. The predicted octanol–water partition coefficient (Wildman–Crippen LogP) is 3.48. The van der Waals surface area contributed by atoms with E-state index < -0.39 is 22.3 Å². The number of phenolic OH excluding ortho intramolecular Hbond substituents is 1. The van der Waals surface area contributed by atoms with Crippen molar-refractivity contribution in [3.63, 3.8) is 0 Å². The lowest BCUT2D eigenvalue weighted by atomic mass is 10.2. The maximum Gasteiger partial charge on any atom is 0.312 e. The summed E-state index contributed by atoms with van der Waals surface area (Å²) < 4.78 is 0.396. The number of nitrogens with zero attached hydrogens (tertiary/aromatic N) is 2. The third kappa shape index (κ3) is 4.27. The fourth-order valence-corrected chi connectivity index (χ4v) is 2.26. The Balaban J connectivity index is 2.16. The number of nitro benzene ring substituents is 1. The van der Waals surface area contributed by atoms with Crippen molar-refractivity contribution >= 4 is 45.3 Å². The molecule has 23 heavy (non-hydrogen) atoms. The van der Waals surface area contributed by atoms with E-state index in [1.165, 1.54) is 24.3 Å². The number of hydrogen-bond donors (Lipinski definition) is 2. The second-order valence-corrected chi connectivity index (χ2v) is 5.68. The van der Waals surface area contributed by atoms with E-state index >= 15 is 0 Å². The Hall–Kier alpha value is -2.45. The van der Waals surface area contributed by atoms with Crippen molar-refractivity contribution in [3.05, 3.63) is 67.1 Å². The molecule has 0 saturated heterocycles. The van der Waals surface area contributed by atoms with Gasteiger partial charge in [0.2, 0.25) is 5.75 Å². The molecule has 0 spiro atoms. The third-order valence-corrected chi connectivity index (χ3v) is 3.47. The van der Waals surface area contributed by atoms with E-state index in [0.717, 1.165) is 6.21 Å². The molecule has 2 aromatic rings. The zero-order chi connectivity index (χ0) is 17.0. The first-order valence-electron chi connectivity index (χ1n) is 6.14. The Kier molecular flexibility index (Phi) is 5.30. The molecule has 0 aliphatic carbocycles. The highest BCUT2D eigenvalue weighted by Gasteiger charge is 2.17. The molecule has 2 N–H and O–H groups in total. The van der Waals surface area contributed by atoms with Crippen LogP contribution < -0.4 is 5.43 Å². The average molecular weight is 399 g/mol. The Morgan fingerprint density at radius 3 is 2.61 bits per heavy atom. The van der Waals surface area contributed by atoms with Crippen molar-refractivity contribution < 1.29 is 14.8 Å². The molecule has 118 valence electrons. The van der Waals surface area contributed by atoms with Gasteiger partial charge in [0.1, 0.15) is 0 Å². The number of nitro groups is 1. The van der Waals surface area contributed by atoms with Crippen LogP contribution in [0.15, 0.2) is 46.0 Å². The molecule has 0 aliphatic rings. The molecule has 0 aromatic heterocycles. The highest BCUT2D eigenvalue weighted by atomic mass is 79.9. The molecule has 0 atom stereocenters. The molecule has 0 bridgehead atoms. The molecule has 0 heterocycles. The standard InChI is InChI=1S/C14H9BrClN3O4/c15-10-5-9(13(20)12(6-10)19(22)23)7-17-18-14(21)8-1-3-11(16)4-2-8/h1-7,20H,(H,18,21)/b17-7-. The summed E-state index contributed by atoms with van der Waals surface area (Å²) in [5, 5.41) is 24.8. The maximum atomic E-state index is 11.8. The normalized spacial score (nSPS) is 10.7. The number of hydrogen-bond acceptors (Lipinski definition) is 5. The molecule has 0 aliphatic heterocycles. The summed E-state index contributed by atoms with van der Waals surface area (Å²) in [6, 6.07) is 8.76. The van der Waals surface area contributed by atoms with Crippen molar-refractivity contribution in [2.75, 3.05) is 0 Å². The SMILES string of the molecule is O=C(N/N=C\c1cc(Br)cc([N+](=O)[O-])c1O)c1ccc(Cl)cc1.